The molecule has 2 N–H and O–H groups in total. The van der Waals surface area contributed by atoms with E-state index in [-0.39, 0.29) is 30.3 Å². The van der Waals surface area contributed by atoms with E-state index in [1.807, 2.05) is 43.2 Å². The smallest absolute Gasteiger partial charge is 0.407 e. The van der Waals surface area contributed by atoms with Gasteiger partial charge in [0.1, 0.15) is 5.60 Å². The molecule has 2 atom stereocenters. The van der Waals surface area contributed by atoms with Crippen LogP contribution in [-0.2, 0) is 14.3 Å². The predicted octanol–water partition coefficient (Wildman–Crippen LogP) is 3.22. The molecule has 1 aliphatic rings. The highest BCUT2D eigenvalue weighted by molar-refractivity contribution is 7.10. The average Bonchev–Trinajstić information content (AvgIpc) is 3.12. The molecular formula is C20H31N3O4S. The molecule has 2 heterocycles. The van der Waals surface area contributed by atoms with Gasteiger partial charge in [0.15, 0.2) is 0 Å². The normalized spacial score (nSPS) is 18.3. The lowest BCUT2D eigenvalue weighted by Gasteiger charge is -2.36. The molecular weight excluding hydrogens is 378 g/mol. The van der Waals surface area contributed by atoms with Crippen LogP contribution in [-0.4, -0.2) is 47.5 Å². The molecule has 3 amide bonds. The Balaban J connectivity index is 1.98. The van der Waals surface area contributed by atoms with Crippen molar-refractivity contribution in [1.82, 2.24) is 15.5 Å². The third-order valence-electron chi connectivity index (χ3n) is 4.47. The zero-order chi connectivity index (χ0) is 20.7. The van der Waals surface area contributed by atoms with Crippen LogP contribution >= 0.6 is 11.3 Å². The van der Waals surface area contributed by atoms with Crippen molar-refractivity contribution in [3.05, 3.63) is 22.4 Å². The Labute approximate surface area is 170 Å². The molecule has 2 unspecified atom stereocenters. The molecule has 1 fully saturated rings. The molecule has 1 saturated heterocycles. The summed E-state index contributed by atoms with van der Waals surface area (Å²) in [6.07, 6.45) is 2.54. The van der Waals surface area contributed by atoms with Crippen molar-refractivity contribution in [2.45, 2.75) is 71.1 Å². The maximum Gasteiger partial charge on any atom is 0.407 e. The minimum absolute atomic E-state index is 0.0113. The van der Waals surface area contributed by atoms with Crippen LogP contribution in [0.15, 0.2) is 17.5 Å². The Bertz CT molecular complexity index is 669. The van der Waals surface area contributed by atoms with E-state index in [0.717, 1.165) is 24.1 Å². The SMILES string of the molecule is CC(=O)NC(CC(=O)N1CCCCC1CNC(=O)OC(C)(C)C)c1cccs1. The molecule has 0 radical (unpaired) electrons. The summed E-state index contributed by atoms with van der Waals surface area (Å²) in [4.78, 5) is 39.3. The predicted molar refractivity (Wildman–Crippen MR) is 109 cm³/mol. The number of hydrogen-bond donors (Lipinski definition) is 2. The lowest BCUT2D eigenvalue weighted by Crippen LogP contribution is -2.50. The number of likely N-dealkylation sites (tertiary alicyclic amines) is 1. The molecule has 0 saturated carbocycles. The van der Waals surface area contributed by atoms with Crippen LogP contribution in [0.1, 0.15) is 64.3 Å². The van der Waals surface area contributed by atoms with Crippen LogP contribution in [0.25, 0.3) is 0 Å². The number of nitrogens with zero attached hydrogens (tertiary/aromatic N) is 1. The lowest BCUT2D eigenvalue weighted by atomic mass is 10.0. The van der Waals surface area contributed by atoms with Crippen LogP contribution in [0.3, 0.4) is 0 Å². The fourth-order valence-electron chi connectivity index (χ4n) is 3.31. The van der Waals surface area contributed by atoms with Crippen molar-refractivity contribution < 1.29 is 19.1 Å². The summed E-state index contributed by atoms with van der Waals surface area (Å²) in [5, 5.41) is 7.60. The first-order valence-corrected chi connectivity index (χ1v) is 10.6. The molecule has 1 aromatic rings. The number of ether oxygens (including phenoxy) is 1. The van der Waals surface area contributed by atoms with E-state index in [9.17, 15) is 14.4 Å². The molecule has 0 aromatic carbocycles. The van der Waals surface area contributed by atoms with E-state index >= 15 is 0 Å². The third kappa shape index (κ3) is 7.14. The second-order valence-corrected chi connectivity index (χ2v) is 9.07. The third-order valence-corrected chi connectivity index (χ3v) is 5.46. The van der Waals surface area contributed by atoms with E-state index in [1.54, 1.807) is 0 Å². The molecule has 0 aliphatic carbocycles. The topological polar surface area (TPSA) is 87.7 Å². The summed E-state index contributed by atoms with van der Waals surface area (Å²) < 4.78 is 5.28. The number of hydrogen-bond acceptors (Lipinski definition) is 5. The Kier molecular flexibility index (Phi) is 7.86. The van der Waals surface area contributed by atoms with Gasteiger partial charge in [-0.15, -0.1) is 11.3 Å². The molecule has 7 nitrogen and oxygen atoms in total. The zero-order valence-electron chi connectivity index (χ0n) is 17.1. The van der Waals surface area contributed by atoms with Gasteiger partial charge in [-0.05, 0) is 51.5 Å². The van der Waals surface area contributed by atoms with Gasteiger partial charge in [0.05, 0.1) is 12.5 Å². The first-order chi connectivity index (χ1) is 13.2. The Morgan fingerprint density at radius 1 is 1.32 bits per heavy atom. The summed E-state index contributed by atoms with van der Waals surface area (Å²) >= 11 is 1.52. The largest absolute Gasteiger partial charge is 0.444 e. The minimum atomic E-state index is -0.557. The van der Waals surface area contributed by atoms with Gasteiger partial charge in [-0.3, -0.25) is 9.59 Å². The standard InChI is InChI=1S/C20H31N3O4S/c1-14(24)22-16(17-9-7-11-28-17)12-18(25)23-10-6-5-8-15(23)13-21-19(26)27-20(2,3)4/h7,9,11,15-16H,5-6,8,10,12-13H2,1-4H3,(H,21,26)(H,22,24). The maximum absolute atomic E-state index is 13.0. The first kappa shape index (κ1) is 22.2. The quantitative estimate of drug-likeness (QED) is 0.755. The van der Waals surface area contributed by atoms with Gasteiger partial charge in [0.25, 0.3) is 0 Å². The molecule has 1 aliphatic heterocycles. The van der Waals surface area contributed by atoms with Crippen LogP contribution in [0.4, 0.5) is 4.79 Å². The molecule has 0 bridgehead atoms. The van der Waals surface area contributed by atoms with Crippen molar-refractivity contribution in [1.29, 1.82) is 0 Å². The van der Waals surface area contributed by atoms with E-state index in [4.69, 9.17) is 4.74 Å². The molecule has 8 heteroatoms. The summed E-state index contributed by atoms with van der Waals surface area (Å²) in [5.74, 6) is -0.171. The highest BCUT2D eigenvalue weighted by Gasteiger charge is 2.30. The fraction of sp³-hybridized carbons (Fsp3) is 0.650. The van der Waals surface area contributed by atoms with Crippen LogP contribution in [0.5, 0.6) is 0 Å². The molecule has 0 spiro atoms. The van der Waals surface area contributed by atoms with Crippen molar-refractivity contribution in [2.75, 3.05) is 13.1 Å². The number of thiophene rings is 1. The number of nitrogens with one attached hydrogen (secondary N) is 2. The maximum atomic E-state index is 13.0. The summed E-state index contributed by atoms with van der Waals surface area (Å²) in [7, 11) is 0. The summed E-state index contributed by atoms with van der Waals surface area (Å²) in [6, 6.07) is 3.45. The van der Waals surface area contributed by atoms with Crippen molar-refractivity contribution in [3.8, 4) is 0 Å². The fourth-order valence-corrected chi connectivity index (χ4v) is 4.08. The van der Waals surface area contributed by atoms with Gasteiger partial charge in [-0.2, -0.15) is 0 Å². The Hall–Kier alpha value is -2.09. The number of carbonyl (C=O) groups excluding carboxylic acids is 3. The van der Waals surface area contributed by atoms with Crippen molar-refractivity contribution in [3.63, 3.8) is 0 Å². The first-order valence-electron chi connectivity index (χ1n) is 9.72. The number of alkyl carbamates (subject to hydrolysis) is 1. The highest BCUT2D eigenvalue weighted by Crippen LogP contribution is 2.25. The van der Waals surface area contributed by atoms with E-state index in [2.05, 4.69) is 10.6 Å². The monoisotopic (exact) mass is 409 g/mol. The van der Waals surface area contributed by atoms with Gasteiger partial charge >= 0.3 is 6.09 Å². The Morgan fingerprint density at radius 2 is 2.07 bits per heavy atom. The molecule has 28 heavy (non-hydrogen) atoms. The van der Waals surface area contributed by atoms with Gasteiger partial charge in [-0.25, -0.2) is 4.79 Å². The van der Waals surface area contributed by atoms with Crippen LogP contribution in [0.2, 0.25) is 0 Å². The average molecular weight is 410 g/mol. The van der Waals surface area contributed by atoms with Crippen LogP contribution < -0.4 is 10.6 Å². The highest BCUT2D eigenvalue weighted by atomic mass is 32.1. The summed E-state index contributed by atoms with van der Waals surface area (Å²) in [6.45, 7) is 7.93. The number of amides is 3. The van der Waals surface area contributed by atoms with E-state index in [1.165, 1.54) is 18.3 Å². The number of rotatable bonds is 6. The van der Waals surface area contributed by atoms with Crippen LogP contribution in [0, 0.1) is 0 Å². The van der Waals surface area contributed by atoms with E-state index < -0.39 is 11.7 Å². The van der Waals surface area contributed by atoms with Gasteiger partial charge in [0.2, 0.25) is 11.8 Å². The molecule has 1 aromatic heterocycles. The van der Waals surface area contributed by atoms with Crippen molar-refractivity contribution >= 4 is 29.2 Å². The molecule has 156 valence electrons. The number of piperidine rings is 1. The second kappa shape index (κ2) is 9.91. The summed E-state index contributed by atoms with van der Waals surface area (Å²) in [5.41, 5.74) is -0.557. The molecule has 2 rings (SSSR count). The second-order valence-electron chi connectivity index (χ2n) is 8.09. The zero-order valence-corrected chi connectivity index (χ0v) is 17.9. The minimum Gasteiger partial charge on any atom is -0.444 e. The lowest BCUT2D eigenvalue weighted by molar-refractivity contribution is -0.135. The van der Waals surface area contributed by atoms with Gasteiger partial charge < -0.3 is 20.3 Å². The van der Waals surface area contributed by atoms with E-state index in [0.29, 0.717) is 13.1 Å². The number of carbonyl (C=O) groups is 3. The Morgan fingerprint density at radius 3 is 2.68 bits per heavy atom. The van der Waals surface area contributed by atoms with Crippen molar-refractivity contribution in [2.24, 2.45) is 0 Å². The van der Waals surface area contributed by atoms with Gasteiger partial charge in [-0.1, -0.05) is 6.07 Å². The van der Waals surface area contributed by atoms with Gasteiger partial charge in [0, 0.05) is 30.9 Å².